The molecule has 1 amide bonds. The lowest BCUT2D eigenvalue weighted by molar-refractivity contribution is -0.120. The van der Waals surface area contributed by atoms with Gasteiger partial charge in [-0.25, -0.2) is 23.2 Å². The van der Waals surface area contributed by atoms with Crippen LogP contribution in [0.25, 0.3) is 5.69 Å². The molecule has 2 heterocycles. The summed E-state index contributed by atoms with van der Waals surface area (Å²) in [5, 5.41) is 9.38. The number of anilines is 1. The first kappa shape index (κ1) is 22.1. The number of primary sulfonamides is 1. The smallest absolute Gasteiger partial charge is 0.241 e. The van der Waals surface area contributed by atoms with E-state index in [-0.39, 0.29) is 29.4 Å². The van der Waals surface area contributed by atoms with Crippen molar-refractivity contribution in [2.24, 2.45) is 5.14 Å². The third-order valence-corrected chi connectivity index (χ3v) is 6.88. The number of hydrogen-bond acceptors (Lipinski definition) is 6. The van der Waals surface area contributed by atoms with Gasteiger partial charge in [0.25, 0.3) is 0 Å². The highest BCUT2D eigenvalue weighted by atomic mass is 32.2. The molecule has 0 radical (unpaired) electrons. The van der Waals surface area contributed by atoms with Crippen molar-refractivity contribution in [3.63, 3.8) is 0 Å². The predicted octanol–water partition coefficient (Wildman–Crippen LogP) is 1.89. The minimum absolute atomic E-state index is 0.0193. The van der Waals surface area contributed by atoms with Gasteiger partial charge in [-0.3, -0.25) is 9.69 Å². The zero-order valence-electron chi connectivity index (χ0n) is 18.2. The van der Waals surface area contributed by atoms with Crippen molar-refractivity contribution in [2.45, 2.75) is 37.2 Å². The molecule has 1 aliphatic rings. The maximum Gasteiger partial charge on any atom is 0.241 e. The Bertz CT molecular complexity index is 1230. The van der Waals surface area contributed by atoms with E-state index in [2.05, 4.69) is 17.0 Å². The first-order valence-corrected chi connectivity index (χ1v) is 11.8. The van der Waals surface area contributed by atoms with Gasteiger partial charge in [-0.15, -0.1) is 0 Å². The summed E-state index contributed by atoms with van der Waals surface area (Å²) < 4.78 is 25.0. The molecule has 0 saturated carbocycles. The molecule has 0 bridgehead atoms. The summed E-state index contributed by atoms with van der Waals surface area (Å²) in [5.74, 6) is -0.0341. The van der Waals surface area contributed by atoms with Crippen LogP contribution in [-0.4, -0.2) is 53.6 Å². The molecular formula is C22H26N6O3S. The number of likely N-dealkylation sites (N-methyl/N-ethyl adjacent to an activating group) is 1. The zero-order chi connectivity index (χ0) is 23.0. The van der Waals surface area contributed by atoms with Gasteiger partial charge in [0.05, 0.1) is 17.1 Å². The number of amides is 1. The van der Waals surface area contributed by atoms with Crippen molar-refractivity contribution in [2.75, 3.05) is 18.5 Å². The van der Waals surface area contributed by atoms with Crippen LogP contribution < -0.4 is 10.0 Å². The summed E-state index contributed by atoms with van der Waals surface area (Å²) in [6, 6.07) is 12.6. The monoisotopic (exact) mass is 454 g/mol. The van der Waals surface area contributed by atoms with Crippen LogP contribution in [0.15, 0.2) is 60.0 Å². The van der Waals surface area contributed by atoms with Crippen LogP contribution >= 0.6 is 0 Å². The maximum absolute atomic E-state index is 13.2. The molecule has 9 nitrogen and oxygen atoms in total. The molecule has 0 fully saturated rings. The Morgan fingerprint density at radius 1 is 1.25 bits per heavy atom. The number of fused-ring (bicyclic) bond motifs is 1. The van der Waals surface area contributed by atoms with E-state index in [9.17, 15) is 13.2 Å². The van der Waals surface area contributed by atoms with E-state index in [1.807, 2.05) is 43.1 Å². The van der Waals surface area contributed by atoms with E-state index in [4.69, 9.17) is 5.14 Å². The van der Waals surface area contributed by atoms with Gasteiger partial charge in [-0.1, -0.05) is 12.1 Å². The van der Waals surface area contributed by atoms with Crippen LogP contribution in [-0.2, 0) is 21.2 Å². The highest BCUT2D eigenvalue weighted by molar-refractivity contribution is 7.89. The molecular weight excluding hydrogens is 428 g/mol. The average Bonchev–Trinajstić information content (AvgIpc) is 3.39. The molecule has 3 aromatic rings. The third kappa shape index (κ3) is 4.29. The van der Waals surface area contributed by atoms with E-state index < -0.39 is 10.0 Å². The third-order valence-electron chi connectivity index (χ3n) is 5.97. The van der Waals surface area contributed by atoms with Gasteiger partial charge in [0, 0.05) is 17.8 Å². The lowest BCUT2D eigenvalue weighted by atomic mass is 10.1. The van der Waals surface area contributed by atoms with E-state index in [1.54, 1.807) is 28.0 Å². The normalized spacial score (nSPS) is 16.9. The molecule has 0 spiro atoms. The molecule has 2 atom stereocenters. The van der Waals surface area contributed by atoms with Crippen LogP contribution in [0.5, 0.6) is 0 Å². The topological polar surface area (TPSA) is 114 Å². The van der Waals surface area contributed by atoms with Crippen molar-refractivity contribution in [1.82, 2.24) is 19.7 Å². The Morgan fingerprint density at radius 2 is 1.97 bits per heavy atom. The minimum atomic E-state index is -3.78. The zero-order valence-corrected chi connectivity index (χ0v) is 19.0. The standard InChI is InChI=1S/C22H26N6O3S/c1-15-10-18-11-20(32(23,30)31)8-9-21(18)28(15)22(29)12-26(3)16(2)17-4-6-19(7-5-17)27-14-24-13-25-27/h4-9,11,13-16H,10,12H2,1-3H3,(H2,23,30,31)/t15-,16+/m1/s1. The number of rotatable bonds is 6. The van der Waals surface area contributed by atoms with Crippen molar-refractivity contribution in [3.8, 4) is 5.69 Å². The Kier molecular flexibility index (Phi) is 5.85. The number of sulfonamides is 1. The quantitative estimate of drug-likeness (QED) is 0.608. The van der Waals surface area contributed by atoms with Gasteiger partial charge >= 0.3 is 0 Å². The van der Waals surface area contributed by atoms with Crippen LogP contribution in [0.4, 0.5) is 5.69 Å². The second kappa shape index (κ2) is 8.45. The Labute approximate surface area is 187 Å². The summed E-state index contributed by atoms with van der Waals surface area (Å²) in [6.45, 7) is 4.24. The van der Waals surface area contributed by atoms with Crippen molar-refractivity contribution in [1.29, 1.82) is 0 Å². The first-order valence-electron chi connectivity index (χ1n) is 10.3. The predicted molar refractivity (Wildman–Crippen MR) is 121 cm³/mol. The summed E-state index contributed by atoms with van der Waals surface area (Å²) in [6.07, 6.45) is 3.72. The van der Waals surface area contributed by atoms with Crippen LogP contribution in [0, 0.1) is 0 Å². The van der Waals surface area contributed by atoms with E-state index >= 15 is 0 Å². The number of aromatic nitrogens is 3. The van der Waals surface area contributed by atoms with Crippen molar-refractivity contribution in [3.05, 3.63) is 66.2 Å². The molecule has 0 unspecified atom stereocenters. The fraction of sp³-hybridized carbons (Fsp3) is 0.318. The molecule has 32 heavy (non-hydrogen) atoms. The lowest BCUT2D eigenvalue weighted by Crippen LogP contribution is -2.42. The van der Waals surface area contributed by atoms with Crippen LogP contribution in [0.3, 0.4) is 0 Å². The summed E-state index contributed by atoms with van der Waals surface area (Å²) in [5.41, 5.74) is 3.56. The van der Waals surface area contributed by atoms with Gasteiger partial charge in [0.2, 0.25) is 15.9 Å². The molecule has 2 aromatic carbocycles. The fourth-order valence-electron chi connectivity index (χ4n) is 4.09. The number of benzene rings is 2. The second-order valence-corrected chi connectivity index (χ2v) is 9.74. The van der Waals surface area contributed by atoms with Crippen LogP contribution in [0.1, 0.15) is 31.0 Å². The summed E-state index contributed by atoms with van der Waals surface area (Å²) >= 11 is 0. The number of carbonyl (C=O) groups is 1. The van der Waals surface area contributed by atoms with E-state index in [0.717, 1.165) is 22.5 Å². The minimum Gasteiger partial charge on any atom is -0.308 e. The van der Waals surface area contributed by atoms with Gasteiger partial charge in [-0.2, -0.15) is 5.10 Å². The van der Waals surface area contributed by atoms with Gasteiger partial charge < -0.3 is 4.90 Å². The largest absolute Gasteiger partial charge is 0.308 e. The molecule has 168 valence electrons. The molecule has 0 aliphatic carbocycles. The van der Waals surface area contributed by atoms with E-state index in [1.165, 1.54) is 12.4 Å². The van der Waals surface area contributed by atoms with Crippen molar-refractivity contribution < 1.29 is 13.2 Å². The van der Waals surface area contributed by atoms with Crippen LogP contribution in [0.2, 0.25) is 0 Å². The van der Waals surface area contributed by atoms with Gasteiger partial charge in [-0.05, 0) is 68.8 Å². The number of carbonyl (C=O) groups excluding carboxylic acids is 1. The molecule has 1 aromatic heterocycles. The summed E-state index contributed by atoms with van der Waals surface area (Å²) in [7, 11) is -1.86. The highest BCUT2D eigenvalue weighted by Crippen LogP contribution is 2.34. The van der Waals surface area contributed by atoms with E-state index in [0.29, 0.717) is 6.42 Å². The average molecular weight is 455 g/mol. The number of hydrogen-bond donors (Lipinski definition) is 1. The fourth-order valence-corrected chi connectivity index (χ4v) is 4.66. The molecule has 0 saturated heterocycles. The molecule has 1 aliphatic heterocycles. The second-order valence-electron chi connectivity index (χ2n) is 8.18. The number of nitrogens with zero attached hydrogens (tertiary/aromatic N) is 5. The molecule has 10 heteroatoms. The Balaban J connectivity index is 1.47. The first-order chi connectivity index (χ1) is 15.1. The van der Waals surface area contributed by atoms with Gasteiger partial charge in [0.1, 0.15) is 12.7 Å². The SMILES string of the molecule is C[C@@H]1Cc2cc(S(N)(=O)=O)ccc2N1C(=O)CN(C)[C@@H](C)c1ccc(-n2cncn2)cc1. The highest BCUT2D eigenvalue weighted by Gasteiger charge is 2.32. The van der Waals surface area contributed by atoms with Gasteiger partial charge in [0.15, 0.2) is 0 Å². The molecule has 4 rings (SSSR count). The Hall–Kier alpha value is -3.08. The maximum atomic E-state index is 13.2. The molecule has 2 N–H and O–H groups in total. The Morgan fingerprint density at radius 3 is 2.59 bits per heavy atom. The summed E-state index contributed by atoms with van der Waals surface area (Å²) in [4.78, 5) is 21.0. The lowest BCUT2D eigenvalue weighted by Gasteiger charge is -2.29. The van der Waals surface area contributed by atoms with Crippen molar-refractivity contribution >= 4 is 21.6 Å². The number of nitrogens with two attached hydrogens (primary N) is 1.